The molecule has 0 saturated heterocycles. The fourth-order valence-corrected chi connectivity index (χ4v) is 2.58. The summed E-state index contributed by atoms with van der Waals surface area (Å²) in [5.74, 6) is 0.312. The lowest BCUT2D eigenvalue weighted by Gasteiger charge is -2.17. The quantitative estimate of drug-likeness (QED) is 0.874. The molecule has 1 aromatic carbocycles. The molecule has 1 fully saturated rings. The first-order chi connectivity index (χ1) is 8.47. The van der Waals surface area contributed by atoms with Gasteiger partial charge in [0.05, 0.1) is 11.7 Å². The van der Waals surface area contributed by atoms with E-state index >= 15 is 0 Å². The van der Waals surface area contributed by atoms with Gasteiger partial charge in [-0.2, -0.15) is 13.2 Å². The molecular formula is C14H17F3O. The molecule has 0 aromatic heterocycles. The van der Waals surface area contributed by atoms with Gasteiger partial charge in [-0.25, -0.2) is 0 Å². The third kappa shape index (κ3) is 3.25. The van der Waals surface area contributed by atoms with Crippen LogP contribution in [0.4, 0.5) is 13.2 Å². The zero-order valence-electron chi connectivity index (χ0n) is 10.1. The van der Waals surface area contributed by atoms with Gasteiger partial charge in [0, 0.05) is 0 Å². The van der Waals surface area contributed by atoms with Crippen molar-refractivity contribution in [1.82, 2.24) is 0 Å². The average molecular weight is 258 g/mol. The molecule has 0 bridgehead atoms. The fourth-order valence-electron chi connectivity index (χ4n) is 2.58. The summed E-state index contributed by atoms with van der Waals surface area (Å²) < 4.78 is 37.1. The third-order valence-electron chi connectivity index (χ3n) is 3.67. The lowest BCUT2D eigenvalue weighted by Crippen LogP contribution is -2.20. The van der Waals surface area contributed by atoms with Gasteiger partial charge in [-0.1, -0.05) is 25.0 Å². The van der Waals surface area contributed by atoms with Gasteiger partial charge in [-0.3, -0.25) is 0 Å². The average Bonchev–Trinajstić information content (AvgIpc) is 2.82. The van der Waals surface area contributed by atoms with E-state index in [1.807, 2.05) is 0 Å². The number of rotatable bonds is 3. The van der Waals surface area contributed by atoms with Crippen molar-refractivity contribution < 1.29 is 18.3 Å². The molecule has 1 unspecified atom stereocenters. The second-order valence-corrected chi connectivity index (χ2v) is 5.01. The van der Waals surface area contributed by atoms with Crippen molar-refractivity contribution in [3.05, 3.63) is 35.4 Å². The number of hydrogen-bond acceptors (Lipinski definition) is 1. The Morgan fingerprint density at radius 2 is 1.67 bits per heavy atom. The number of hydrogen-bond donors (Lipinski definition) is 1. The summed E-state index contributed by atoms with van der Waals surface area (Å²) in [6.07, 6.45) is 0.0857. The number of halogens is 3. The first-order valence-corrected chi connectivity index (χ1v) is 6.31. The van der Waals surface area contributed by atoms with Crippen LogP contribution in [0.25, 0.3) is 0 Å². The topological polar surface area (TPSA) is 20.2 Å². The Morgan fingerprint density at radius 3 is 2.17 bits per heavy atom. The standard InChI is InChI=1S/C14H17F3O/c15-14(16,17)12-7-5-10(6-8-12)9-13(18)11-3-1-2-4-11/h5-8,11,13,18H,1-4,9H2. The van der Waals surface area contributed by atoms with Gasteiger partial charge in [0.25, 0.3) is 0 Å². The van der Waals surface area contributed by atoms with E-state index in [2.05, 4.69) is 0 Å². The van der Waals surface area contributed by atoms with Crippen molar-refractivity contribution in [3.63, 3.8) is 0 Å². The van der Waals surface area contributed by atoms with E-state index < -0.39 is 17.8 Å². The lowest BCUT2D eigenvalue weighted by atomic mass is 9.94. The highest BCUT2D eigenvalue weighted by atomic mass is 19.4. The van der Waals surface area contributed by atoms with Crippen LogP contribution in [0.2, 0.25) is 0 Å². The molecule has 1 aliphatic carbocycles. The molecule has 1 nitrogen and oxygen atoms in total. The number of aliphatic hydroxyl groups excluding tert-OH is 1. The van der Waals surface area contributed by atoms with Gasteiger partial charge in [0.15, 0.2) is 0 Å². The summed E-state index contributed by atoms with van der Waals surface area (Å²) in [6.45, 7) is 0. The molecule has 0 heterocycles. The Kier molecular flexibility index (Phi) is 3.95. The van der Waals surface area contributed by atoms with E-state index in [9.17, 15) is 18.3 Å². The van der Waals surface area contributed by atoms with Crippen LogP contribution in [0.15, 0.2) is 24.3 Å². The first-order valence-electron chi connectivity index (χ1n) is 6.31. The lowest BCUT2D eigenvalue weighted by molar-refractivity contribution is -0.137. The maximum atomic E-state index is 12.4. The Bertz CT molecular complexity index is 377. The van der Waals surface area contributed by atoms with Gasteiger partial charge >= 0.3 is 6.18 Å². The van der Waals surface area contributed by atoms with Gasteiger partial charge in [-0.15, -0.1) is 0 Å². The number of alkyl halides is 3. The predicted octanol–water partition coefficient (Wildman–Crippen LogP) is 3.80. The summed E-state index contributed by atoms with van der Waals surface area (Å²) in [7, 11) is 0. The van der Waals surface area contributed by atoms with Crippen LogP contribution in [-0.4, -0.2) is 11.2 Å². The highest BCUT2D eigenvalue weighted by molar-refractivity contribution is 5.25. The Balaban J connectivity index is 1.97. The van der Waals surface area contributed by atoms with Crippen molar-refractivity contribution in [2.45, 2.75) is 44.4 Å². The van der Waals surface area contributed by atoms with E-state index in [1.54, 1.807) is 0 Å². The van der Waals surface area contributed by atoms with Crippen LogP contribution in [-0.2, 0) is 12.6 Å². The molecule has 0 amide bonds. The number of aliphatic hydroxyl groups is 1. The number of benzene rings is 1. The summed E-state index contributed by atoms with van der Waals surface area (Å²) in [5.41, 5.74) is 0.129. The Labute approximate surface area is 105 Å². The maximum absolute atomic E-state index is 12.4. The van der Waals surface area contributed by atoms with Crippen LogP contribution < -0.4 is 0 Å². The molecule has 4 heteroatoms. The van der Waals surface area contributed by atoms with Crippen LogP contribution in [0.3, 0.4) is 0 Å². The van der Waals surface area contributed by atoms with E-state index in [-0.39, 0.29) is 0 Å². The van der Waals surface area contributed by atoms with Crippen LogP contribution in [0.1, 0.15) is 36.8 Å². The fraction of sp³-hybridized carbons (Fsp3) is 0.571. The van der Waals surface area contributed by atoms with Crippen molar-refractivity contribution in [2.24, 2.45) is 5.92 Å². The SMILES string of the molecule is OC(Cc1ccc(C(F)(F)F)cc1)C1CCCC1. The normalized spacial score (nSPS) is 19.1. The molecule has 1 aliphatic rings. The van der Waals surface area contributed by atoms with Gasteiger partial charge in [0.1, 0.15) is 0 Å². The molecule has 1 saturated carbocycles. The second-order valence-electron chi connectivity index (χ2n) is 5.01. The highest BCUT2D eigenvalue weighted by Gasteiger charge is 2.30. The minimum Gasteiger partial charge on any atom is -0.392 e. The van der Waals surface area contributed by atoms with E-state index in [0.717, 1.165) is 43.4 Å². The van der Waals surface area contributed by atoms with Crippen molar-refractivity contribution in [1.29, 1.82) is 0 Å². The molecule has 1 aromatic rings. The predicted molar refractivity (Wildman–Crippen MR) is 63.1 cm³/mol. The van der Waals surface area contributed by atoms with Crippen molar-refractivity contribution in [3.8, 4) is 0 Å². The summed E-state index contributed by atoms with van der Waals surface area (Å²) in [6, 6.07) is 5.08. The molecule has 2 rings (SSSR count). The highest BCUT2D eigenvalue weighted by Crippen LogP contribution is 2.31. The molecule has 0 radical (unpaired) electrons. The molecule has 100 valence electrons. The van der Waals surface area contributed by atoms with Gasteiger partial charge in [0.2, 0.25) is 0 Å². The molecular weight excluding hydrogens is 241 g/mol. The zero-order chi connectivity index (χ0) is 13.2. The molecule has 0 aliphatic heterocycles. The summed E-state index contributed by atoms with van der Waals surface area (Å²) in [4.78, 5) is 0. The van der Waals surface area contributed by atoms with Crippen LogP contribution in [0, 0.1) is 5.92 Å². The van der Waals surface area contributed by atoms with Gasteiger partial charge in [-0.05, 0) is 42.9 Å². The van der Waals surface area contributed by atoms with Crippen LogP contribution in [0.5, 0.6) is 0 Å². The minimum atomic E-state index is -4.29. The third-order valence-corrected chi connectivity index (χ3v) is 3.67. The van der Waals surface area contributed by atoms with E-state index in [0.29, 0.717) is 12.3 Å². The largest absolute Gasteiger partial charge is 0.416 e. The van der Waals surface area contributed by atoms with E-state index in [1.165, 1.54) is 12.1 Å². The maximum Gasteiger partial charge on any atom is 0.416 e. The second kappa shape index (κ2) is 5.31. The molecule has 0 spiro atoms. The minimum absolute atomic E-state index is 0.312. The van der Waals surface area contributed by atoms with Crippen LogP contribution >= 0.6 is 0 Å². The molecule has 1 N–H and O–H groups in total. The molecule has 18 heavy (non-hydrogen) atoms. The van der Waals surface area contributed by atoms with Crippen molar-refractivity contribution >= 4 is 0 Å². The Morgan fingerprint density at radius 1 is 1.11 bits per heavy atom. The van der Waals surface area contributed by atoms with E-state index in [4.69, 9.17) is 0 Å². The molecule has 1 atom stereocenters. The zero-order valence-corrected chi connectivity index (χ0v) is 10.1. The monoisotopic (exact) mass is 258 g/mol. The first kappa shape index (κ1) is 13.4. The summed E-state index contributed by atoms with van der Waals surface area (Å²) in [5, 5.41) is 10.0. The van der Waals surface area contributed by atoms with Crippen molar-refractivity contribution in [2.75, 3.05) is 0 Å². The van der Waals surface area contributed by atoms with Gasteiger partial charge < -0.3 is 5.11 Å². The smallest absolute Gasteiger partial charge is 0.392 e. The Hall–Kier alpha value is -1.03. The summed E-state index contributed by atoms with van der Waals surface area (Å²) >= 11 is 0.